The molecule has 1 N–H and O–H groups in total. The number of amides is 1. The molecule has 1 aliphatic heterocycles. The van der Waals surface area contributed by atoms with E-state index in [1.165, 1.54) is 12.1 Å². The third kappa shape index (κ3) is 3.27. The first-order valence-electron chi connectivity index (χ1n) is 7.70. The molecule has 2 atom stereocenters. The second-order valence-corrected chi connectivity index (χ2v) is 6.02. The van der Waals surface area contributed by atoms with Crippen molar-refractivity contribution in [1.82, 2.24) is 10.3 Å². The van der Waals surface area contributed by atoms with Gasteiger partial charge in [0.25, 0.3) is 5.91 Å². The summed E-state index contributed by atoms with van der Waals surface area (Å²) < 4.78 is 13.4. The number of nitrogens with zero attached hydrogens (tertiary/aromatic N) is 2. The predicted octanol–water partition coefficient (Wildman–Crippen LogP) is 2.98. The third-order valence-electron chi connectivity index (χ3n) is 4.05. The lowest BCUT2D eigenvalue weighted by Gasteiger charge is -2.23. The first kappa shape index (κ1) is 16.1. The van der Waals surface area contributed by atoms with Crippen LogP contribution < -0.4 is 5.32 Å². The van der Waals surface area contributed by atoms with Gasteiger partial charge >= 0.3 is 0 Å². The molecule has 0 aliphatic carbocycles. The molecule has 0 bridgehead atoms. The van der Waals surface area contributed by atoms with Crippen molar-refractivity contribution in [2.45, 2.75) is 31.9 Å². The zero-order chi connectivity index (χ0) is 17.2. The first-order valence-corrected chi connectivity index (χ1v) is 7.70. The van der Waals surface area contributed by atoms with Crippen molar-refractivity contribution in [3.05, 3.63) is 65.7 Å². The van der Waals surface area contributed by atoms with Crippen LogP contribution in [-0.2, 0) is 9.63 Å². The quantitative estimate of drug-likeness (QED) is 0.939. The van der Waals surface area contributed by atoms with Crippen LogP contribution in [0, 0.1) is 5.82 Å². The number of aromatic nitrogens is 1. The third-order valence-corrected chi connectivity index (χ3v) is 4.05. The summed E-state index contributed by atoms with van der Waals surface area (Å²) in [4.78, 5) is 21.9. The topological polar surface area (TPSA) is 63.6 Å². The van der Waals surface area contributed by atoms with E-state index in [2.05, 4.69) is 15.5 Å². The highest BCUT2D eigenvalue weighted by atomic mass is 19.1. The SMILES string of the molecule is C[C@H](NC(=O)[C@]1(C)CC(c2cccc(F)c2)=NO1)c1ccncc1. The molecule has 0 unspecified atom stereocenters. The lowest BCUT2D eigenvalue weighted by molar-refractivity contribution is -0.142. The number of benzene rings is 1. The normalized spacial score (nSPS) is 20.9. The second-order valence-electron chi connectivity index (χ2n) is 6.02. The van der Waals surface area contributed by atoms with Crippen molar-refractivity contribution in [3.63, 3.8) is 0 Å². The van der Waals surface area contributed by atoms with Crippen molar-refractivity contribution in [2.75, 3.05) is 0 Å². The fourth-order valence-corrected chi connectivity index (χ4v) is 2.57. The number of carbonyl (C=O) groups excluding carboxylic acids is 1. The smallest absolute Gasteiger partial charge is 0.267 e. The van der Waals surface area contributed by atoms with Crippen LogP contribution in [0.25, 0.3) is 0 Å². The number of halogens is 1. The maximum atomic E-state index is 13.4. The van der Waals surface area contributed by atoms with Crippen molar-refractivity contribution in [2.24, 2.45) is 5.16 Å². The van der Waals surface area contributed by atoms with Crippen LogP contribution in [0.5, 0.6) is 0 Å². The highest BCUT2D eigenvalue weighted by molar-refractivity contribution is 6.05. The Morgan fingerprint density at radius 2 is 2.08 bits per heavy atom. The molecular weight excluding hydrogens is 309 g/mol. The van der Waals surface area contributed by atoms with Gasteiger partial charge in [0, 0.05) is 24.4 Å². The Hall–Kier alpha value is -2.76. The van der Waals surface area contributed by atoms with Crippen LogP contribution in [0.4, 0.5) is 4.39 Å². The Bertz CT molecular complexity index is 779. The van der Waals surface area contributed by atoms with E-state index in [0.29, 0.717) is 11.3 Å². The second kappa shape index (κ2) is 6.39. The molecule has 3 rings (SSSR count). The molecule has 124 valence electrons. The van der Waals surface area contributed by atoms with Crippen molar-refractivity contribution < 1.29 is 14.0 Å². The average molecular weight is 327 g/mol. The zero-order valence-corrected chi connectivity index (χ0v) is 13.5. The van der Waals surface area contributed by atoms with Gasteiger partial charge in [-0.15, -0.1) is 0 Å². The fourth-order valence-electron chi connectivity index (χ4n) is 2.57. The molecule has 1 amide bonds. The minimum absolute atomic E-state index is 0.181. The van der Waals surface area contributed by atoms with E-state index < -0.39 is 5.60 Å². The average Bonchev–Trinajstić information content (AvgIpc) is 2.99. The summed E-state index contributed by atoms with van der Waals surface area (Å²) in [5, 5.41) is 6.90. The molecular formula is C18H18FN3O2. The number of rotatable bonds is 4. The Labute approximate surface area is 139 Å². The van der Waals surface area contributed by atoms with Gasteiger partial charge in [-0.3, -0.25) is 9.78 Å². The van der Waals surface area contributed by atoms with E-state index in [0.717, 1.165) is 5.56 Å². The van der Waals surface area contributed by atoms with Gasteiger partial charge in [0.1, 0.15) is 5.82 Å². The summed E-state index contributed by atoms with van der Waals surface area (Å²) >= 11 is 0. The molecule has 1 aromatic heterocycles. The Morgan fingerprint density at radius 1 is 1.33 bits per heavy atom. The Morgan fingerprint density at radius 3 is 2.79 bits per heavy atom. The Kier molecular flexibility index (Phi) is 4.29. The zero-order valence-electron chi connectivity index (χ0n) is 13.5. The largest absolute Gasteiger partial charge is 0.379 e. The van der Waals surface area contributed by atoms with Crippen LogP contribution in [0.3, 0.4) is 0 Å². The molecule has 1 aromatic carbocycles. The summed E-state index contributed by atoms with van der Waals surface area (Å²) in [5.41, 5.74) is 1.02. The fraction of sp³-hybridized carbons (Fsp3) is 0.278. The van der Waals surface area contributed by atoms with Crippen LogP contribution >= 0.6 is 0 Å². The van der Waals surface area contributed by atoms with Gasteiger partial charge in [-0.2, -0.15) is 0 Å². The molecule has 0 saturated heterocycles. The number of nitrogens with one attached hydrogen (secondary N) is 1. The van der Waals surface area contributed by atoms with Crippen molar-refractivity contribution in [3.8, 4) is 0 Å². The maximum absolute atomic E-state index is 13.4. The molecule has 2 aromatic rings. The van der Waals surface area contributed by atoms with Gasteiger partial charge in [0.2, 0.25) is 5.60 Å². The summed E-state index contributed by atoms with van der Waals surface area (Å²) in [6, 6.07) is 9.60. The number of hydrogen-bond acceptors (Lipinski definition) is 4. The first-order chi connectivity index (χ1) is 11.5. The molecule has 1 aliphatic rings. The number of carbonyl (C=O) groups is 1. The lowest BCUT2D eigenvalue weighted by Crippen LogP contribution is -2.45. The summed E-state index contributed by atoms with van der Waals surface area (Å²) in [6.45, 7) is 3.57. The van der Waals surface area contributed by atoms with Gasteiger partial charge in [0.15, 0.2) is 0 Å². The minimum atomic E-state index is -1.11. The van der Waals surface area contributed by atoms with Gasteiger partial charge in [-0.25, -0.2) is 4.39 Å². The van der Waals surface area contributed by atoms with E-state index in [1.54, 1.807) is 31.5 Å². The van der Waals surface area contributed by atoms with E-state index in [1.807, 2.05) is 19.1 Å². The Balaban J connectivity index is 1.68. The summed E-state index contributed by atoms with van der Waals surface area (Å²) in [5.74, 6) is -0.610. The number of pyridine rings is 1. The van der Waals surface area contributed by atoms with E-state index in [-0.39, 0.29) is 24.2 Å². The summed E-state index contributed by atoms with van der Waals surface area (Å²) in [6.07, 6.45) is 3.64. The standard InChI is InChI=1S/C18H18FN3O2/c1-12(13-6-8-20-9-7-13)21-17(23)18(2)11-16(22-24-18)14-4-3-5-15(19)10-14/h3-10,12H,11H2,1-2H3,(H,21,23)/t12-,18-/m0/s1. The van der Waals surface area contributed by atoms with Crippen LogP contribution in [0.15, 0.2) is 53.9 Å². The van der Waals surface area contributed by atoms with Crippen molar-refractivity contribution in [1.29, 1.82) is 0 Å². The van der Waals surface area contributed by atoms with E-state index in [9.17, 15) is 9.18 Å². The number of oxime groups is 1. The highest BCUT2D eigenvalue weighted by Gasteiger charge is 2.42. The van der Waals surface area contributed by atoms with E-state index in [4.69, 9.17) is 4.84 Å². The molecule has 2 heterocycles. The van der Waals surface area contributed by atoms with Gasteiger partial charge < -0.3 is 10.2 Å². The summed E-state index contributed by atoms with van der Waals surface area (Å²) in [7, 11) is 0. The molecule has 0 fully saturated rings. The highest BCUT2D eigenvalue weighted by Crippen LogP contribution is 2.28. The predicted molar refractivity (Wildman–Crippen MR) is 87.8 cm³/mol. The van der Waals surface area contributed by atoms with Gasteiger partial charge in [0.05, 0.1) is 11.8 Å². The van der Waals surface area contributed by atoms with Gasteiger partial charge in [-0.1, -0.05) is 17.3 Å². The van der Waals surface area contributed by atoms with Gasteiger partial charge in [-0.05, 0) is 43.7 Å². The number of hydrogen-bond donors (Lipinski definition) is 1. The molecule has 0 spiro atoms. The maximum Gasteiger partial charge on any atom is 0.267 e. The molecule has 24 heavy (non-hydrogen) atoms. The molecule has 0 saturated carbocycles. The van der Waals surface area contributed by atoms with Crippen LogP contribution in [0.1, 0.15) is 37.4 Å². The minimum Gasteiger partial charge on any atom is -0.379 e. The molecule has 5 nitrogen and oxygen atoms in total. The van der Waals surface area contributed by atoms with E-state index >= 15 is 0 Å². The van der Waals surface area contributed by atoms with Crippen LogP contribution in [-0.4, -0.2) is 22.2 Å². The molecule has 0 radical (unpaired) electrons. The van der Waals surface area contributed by atoms with Crippen LogP contribution in [0.2, 0.25) is 0 Å². The monoisotopic (exact) mass is 327 g/mol. The lowest BCUT2D eigenvalue weighted by atomic mass is 9.94. The molecule has 6 heteroatoms. The van der Waals surface area contributed by atoms with Crippen molar-refractivity contribution >= 4 is 11.6 Å².